The first-order valence-electron chi connectivity index (χ1n) is 5.43. The minimum absolute atomic E-state index is 0.263. The summed E-state index contributed by atoms with van der Waals surface area (Å²) < 4.78 is 61.1. The molecule has 20 heavy (non-hydrogen) atoms. The van der Waals surface area contributed by atoms with Gasteiger partial charge >= 0.3 is 12.1 Å². The topological polar surface area (TPSA) is 74.7 Å². The van der Waals surface area contributed by atoms with Gasteiger partial charge in [0.15, 0.2) is 0 Å². The van der Waals surface area contributed by atoms with Crippen LogP contribution >= 0.6 is 11.3 Å². The first-order valence-corrected chi connectivity index (χ1v) is 7.69. The lowest BCUT2D eigenvalue weighted by atomic mass is 10.3. The lowest BCUT2D eigenvalue weighted by molar-refractivity contribution is -0.136. The van der Waals surface area contributed by atoms with E-state index in [0.717, 1.165) is 6.07 Å². The van der Waals surface area contributed by atoms with Gasteiger partial charge in [0.1, 0.15) is 10.8 Å². The largest absolute Gasteiger partial charge is 0.481 e. The highest BCUT2D eigenvalue weighted by molar-refractivity contribution is 7.91. The molecule has 0 unspecified atom stereocenters. The van der Waals surface area contributed by atoms with Crippen molar-refractivity contribution in [3.05, 3.63) is 17.0 Å². The van der Waals surface area contributed by atoms with Crippen LogP contribution in [0.2, 0.25) is 0 Å². The Kier molecular flexibility index (Phi) is 5.16. The average Bonchev–Trinajstić information content (AvgIpc) is 2.72. The van der Waals surface area contributed by atoms with Crippen LogP contribution in [-0.2, 0) is 21.2 Å². The third kappa shape index (κ3) is 4.46. The van der Waals surface area contributed by atoms with Crippen molar-refractivity contribution in [2.75, 3.05) is 13.1 Å². The average molecular weight is 331 g/mol. The lowest BCUT2D eigenvalue weighted by Gasteiger charge is -2.20. The van der Waals surface area contributed by atoms with Gasteiger partial charge < -0.3 is 5.11 Å². The fourth-order valence-corrected chi connectivity index (χ4v) is 4.37. The van der Waals surface area contributed by atoms with E-state index in [9.17, 15) is 26.4 Å². The van der Waals surface area contributed by atoms with E-state index in [0.29, 0.717) is 15.6 Å². The molecule has 1 aromatic heterocycles. The molecule has 1 N–H and O–H groups in total. The van der Waals surface area contributed by atoms with Crippen LogP contribution in [0.15, 0.2) is 16.3 Å². The number of aliphatic carboxylic acids is 1. The molecule has 0 atom stereocenters. The second-order valence-electron chi connectivity index (χ2n) is 3.84. The van der Waals surface area contributed by atoms with Crippen LogP contribution in [0.1, 0.15) is 11.8 Å². The van der Waals surface area contributed by atoms with Crippen molar-refractivity contribution in [1.29, 1.82) is 0 Å². The predicted octanol–water partition coefficient (Wildman–Crippen LogP) is 1.95. The van der Waals surface area contributed by atoms with Crippen LogP contribution in [-0.4, -0.2) is 43.1 Å². The van der Waals surface area contributed by atoms with E-state index in [1.54, 1.807) is 0 Å². The third-order valence-electron chi connectivity index (χ3n) is 2.26. The van der Waals surface area contributed by atoms with Gasteiger partial charge in [0.2, 0.25) is 0 Å². The van der Waals surface area contributed by atoms with Crippen LogP contribution < -0.4 is 0 Å². The summed E-state index contributed by atoms with van der Waals surface area (Å²) in [5.74, 6) is -1.14. The first-order chi connectivity index (χ1) is 9.06. The molecule has 1 heterocycles. The van der Waals surface area contributed by atoms with Crippen molar-refractivity contribution in [3.8, 4) is 0 Å². The van der Waals surface area contributed by atoms with Crippen LogP contribution in [0.4, 0.5) is 13.2 Å². The number of thiophene rings is 1. The van der Waals surface area contributed by atoms with Crippen molar-refractivity contribution in [2.24, 2.45) is 0 Å². The smallest absolute Gasteiger partial charge is 0.402 e. The predicted molar refractivity (Wildman–Crippen MR) is 66.1 cm³/mol. The molecule has 0 spiro atoms. The molecular weight excluding hydrogens is 319 g/mol. The summed E-state index contributed by atoms with van der Waals surface area (Å²) in [5, 5.41) is 8.59. The molecule has 0 fully saturated rings. The summed E-state index contributed by atoms with van der Waals surface area (Å²) in [4.78, 5) is 10.8. The Labute approximate surface area is 117 Å². The van der Waals surface area contributed by atoms with E-state index in [2.05, 4.69) is 0 Å². The Bertz CT molecular complexity index is 580. The number of rotatable bonds is 6. The van der Waals surface area contributed by atoms with Gasteiger partial charge in [-0.15, -0.1) is 11.3 Å². The Hall–Kier alpha value is -1.13. The molecule has 0 aliphatic carbocycles. The van der Waals surface area contributed by atoms with Gasteiger partial charge in [0.05, 0.1) is 6.42 Å². The highest BCUT2D eigenvalue weighted by Crippen LogP contribution is 2.27. The van der Waals surface area contributed by atoms with Gasteiger partial charge in [-0.3, -0.25) is 4.79 Å². The van der Waals surface area contributed by atoms with Crippen molar-refractivity contribution in [2.45, 2.75) is 23.7 Å². The molecule has 0 saturated heterocycles. The normalized spacial score (nSPS) is 12.8. The molecule has 0 amide bonds. The zero-order valence-electron chi connectivity index (χ0n) is 10.3. The molecule has 114 valence electrons. The second-order valence-corrected chi connectivity index (χ2v) is 7.17. The fraction of sp³-hybridized carbons (Fsp3) is 0.500. The van der Waals surface area contributed by atoms with E-state index in [1.165, 1.54) is 13.0 Å². The van der Waals surface area contributed by atoms with Gasteiger partial charge in [0.25, 0.3) is 10.0 Å². The number of sulfonamides is 1. The fourth-order valence-electron chi connectivity index (χ4n) is 1.43. The quantitative estimate of drug-likeness (QED) is 0.864. The van der Waals surface area contributed by atoms with E-state index < -0.39 is 28.7 Å². The number of carbonyl (C=O) groups is 1. The number of hydrogen-bond donors (Lipinski definition) is 1. The van der Waals surface area contributed by atoms with Crippen molar-refractivity contribution in [3.63, 3.8) is 0 Å². The standard InChI is InChI=1S/C10H12F3NO4S2/c1-2-14(6-10(11,12)13)20(17,18)9-4-3-7(19-9)5-8(15)16/h3-4H,2,5-6H2,1H3,(H,15,16). The van der Waals surface area contributed by atoms with E-state index in [1.807, 2.05) is 0 Å². The molecule has 0 aliphatic rings. The molecular formula is C10H12F3NO4S2. The number of nitrogens with zero attached hydrogens (tertiary/aromatic N) is 1. The summed E-state index contributed by atoms with van der Waals surface area (Å²) >= 11 is 0.660. The van der Waals surface area contributed by atoms with Crippen LogP contribution in [0.3, 0.4) is 0 Å². The van der Waals surface area contributed by atoms with Gasteiger partial charge in [-0.1, -0.05) is 6.92 Å². The summed E-state index contributed by atoms with van der Waals surface area (Å²) in [5.41, 5.74) is 0. The number of carboxylic acids is 1. The van der Waals surface area contributed by atoms with Crippen molar-refractivity contribution >= 4 is 27.3 Å². The maximum atomic E-state index is 12.3. The van der Waals surface area contributed by atoms with Gasteiger partial charge in [-0.25, -0.2) is 8.42 Å². The molecule has 0 aliphatic heterocycles. The van der Waals surface area contributed by atoms with E-state index in [-0.39, 0.29) is 22.1 Å². The molecule has 10 heteroatoms. The zero-order valence-corrected chi connectivity index (χ0v) is 12.0. The molecule has 5 nitrogen and oxygen atoms in total. The molecule has 0 radical (unpaired) electrons. The SMILES string of the molecule is CCN(CC(F)(F)F)S(=O)(=O)c1ccc(CC(=O)O)s1. The van der Waals surface area contributed by atoms with Crippen molar-refractivity contribution in [1.82, 2.24) is 4.31 Å². The maximum Gasteiger partial charge on any atom is 0.402 e. The van der Waals surface area contributed by atoms with Crippen LogP contribution in [0, 0.1) is 0 Å². The maximum absolute atomic E-state index is 12.3. The van der Waals surface area contributed by atoms with Crippen molar-refractivity contribution < 1.29 is 31.5 Å². The minimum Gasteiger partial charge on any atom is -0.481 e. The van der Waals surface area contributed by atoms with Gasteiger partial charge in [-0.2, -0.15) is 17.5 Å². The van der Waals surface area contributed by atoms with E-state index >= 15 is 0 Å². The highest BCUT2D eigenvalue weighted by Gasteiger charge is 2.36. The molecule has 0 bridgehead atoms. The molecule has 0 aromatic carbocycles. The Morgan fingerprint density at radius 1 is 1.40 bits per heavy atom. The summed E-state index contributed by atoms with van der Waals surface area (Å²) in [6.07, 6.45) is -5.00. The number of carboxylic acid groups (broad SMARTS) is 1. The summed E-state index contributed by atoms with van der Waals surface area (Å²) in [7, 11) is -4.26. The molecule has 1 rings (SSSR count). The van der Waals surface area contributed by atoms with Crippen LogP contribution in [0.5, 0.6) is 0 Å². The highest BCUT2D eigenvalue weighted by atomic mass is 32.2. The zero-order chi connectivity index (χ0) is 15.6. The van der Waals surface area contributed by atoms with Gasteiger partial charge in [0, 0.05) is 11.4 Å². The third-order valence-corrected chi connectivity index (χ3v) is 5.74. The second kappa shape index (κ2) is 6.10. The number of halogens is 3. The van der Waals surface area contributed by atoms with Gasteiger partial charge in [-0.05, 0) is 12.1 Å². The lowest BCUT2D eigenvalue weighted by Crippen LogP contribution is -2.38. The minimum atomic E-state index is -4.63. The Balaban J connectivity index is 3.02. The van der Waals surface area contributed by atoms with Crippen LogP contribution in [0.25, 0.3) is 0 Å². The molecule has 0 saturated carbocycles. The molecule has 1 aromatic rings. The Morgan fingerprint density at radius 2 is 2.00 bits per heavy atom. The first kappa shape index (κ1) is 16.9. The van der Waals surface area contributed by atoms with E-state index in [4.69, 9.17) is 5.11 Å². The monoisotopic (exact) mass is 331 g/mol. The number of hydrogen-bond acceptors (Lipinski definition) is 4. The summed E-state index contributed by atoms with van der Waals surface area (Å²) in [6, 6.07) is 2.41. The summed E-state index contributed by atoms with van der Waals surface area (Å²) in [6.45, 7) is -0.596. The number of alkyl halides is 3. The Morgan fingerprint density at radius 3 is 2.45 bits per heavy atom.